The molecule has 0 radical (unpaired) electrons. The molecule has 0 aromatic heterocycles. The molecule has 2 aromatic carbocycles. The molecule has 1 aliphatic rings. The second-order valence-electron chi connectivity index (χ2n) is 6.26. The van der Waals surface area contributed by atoms with E-state index in [1.807, 2.05) is 12.1 Å². The first-order valence-electron chi connectivity index (χ1n) is 8.14. The van der Waals surface area contributed by atoms with Crippen molar-refractivity contribution in [1.82, 2.24) is 4.90 Å². The summed E-state index contributed by atoms with van der Waals surface area (Å²) in [5, 5.41) is 0. The zero-order chi connectivity index (χ0) is 16.1. The SMILES string of the molecule is COC(=O)[C@@H]1CN(Cc2ccccc2)C[C@@H]1Cc1ccccc1. The molecule has 2 aromatic rings. The molecule has 0 unspecified atom stereocenters. The molecule has 3 rings (SSSR count). The van der Waals surface area contributed by atoms with Gasteiger partial charge in [0.05, 0.1) is 13.0 Å². The lowest BCUT2D eigenvalue weighted by Gasteiger charge is -2.16. The highest BCUT2D eigenvalue weighted by Crippen LogP contribution is 2.29. The maximum atomic E-state index is 12.2. The highest BCUT2D eigenvalue weighted by atomic mass is 16.5. The number of hydrogen-bond acceptors (Lipinski definition) is 3. The average molecular weight is 309 g/mol. The number of benzene rings is 2. The second kappa shape index (κ2) is 7.42. The van der Waals surface area contributed by atoms with Crippen molar-refractivity contribution >= 4 is 5.97 Å². The fourth-order valence-electron chi connectivity index (χ4n) is 3.47. The van der Waals surface area contributed by atoms with Crippen LogP contribution in [0, 0.1) is 11.8 Å². The van der Waals surface area contributed by atoms with E-state index in [9.17, 15) is 4.79 Å². The Bertz CT molecular complexity index is 627. The van der Waals surface area contributed by atoms with Crippen LogP contribution in [0.2, 0.25) is 0 Å². The minimum Gasteiger partial charge on any atom is -0.469 e. The molecule has 3 heteroatoms. The molecule has 0 spiro atoms. The number of hydrogen-bond donors (Lipinski definition) is 0. The van der Waals surface area contributed by atoms with Crippen LogP contribution in [0.5, 0.6) is 0 Å². The van der Waals surface area contributed by atoms with Gasteiger partial charge in [0.25, 0.3) is 0 Å². The standard InChI is InChI=1S/C20H23NO2/c1-23-20(22)19-15-21(13-17-10-6-3-7-11-17)14-18(19)12-16-8-4-2-5-9-16/h2-11,18-19H,12-15H2,1H3/t18-,19+/m0/s1. The Morgan fingerprint density at radius 1 is 1.00 bits per heavy atom. The van der Waals surface area contributed by atoms with Crippen molar-refractivity contribution in [2.75, 3.05) is 20.2 Å². The fourth-order valence-corrected chi connectivity index (χ4v) is 3.47. The molecule has 0 bridgehead atoms. The Morgan fingerprint density at radius 3 is 2.22 bits per heavy atom. The van der Waals surface area contributed by atoms with Crippen molar-refractivity contribution in [1.29, 1.82) is 0 Å². The third-order valence-electron chi connectivity index (χ3n) is 4.61. The zero-order valence-corrected chi connectivity index (χ0v) is 13.5. The molecule has 3 nitrogen and oxygen atoms in total. The van der Waals surface area contributed by atoms with E-state index in [2.05, 4.69) is 53.4 Å². The van der Waals surface area contributed by atoms with Crippen LogP contribution in [-0.2, 0) is 22.5 Å². The number of likely N-dealkylation sites (tertiary alicyclic amines) is 1. The van der Waals surface area contributed by atoms with Gasteiger partial charge in [0.2, 0.25) is 0 Å². The van der Waals surface area contributed by atoms with Gasteiger partial charge in [0.1, 0.15) is 0 Å². The van der Waals surface area contributed by atoms with Gasteiger partial charge >= 0.3 is 5.97 Å². The van der Waals surface area contributed by atoms with Gasteiger partial charge < -0.3 is 4.74 Å². The fraction of sp³-hybridized carbons (Fsp3) is 0.350. The van der Waals surface area contributed by atoms with Crippen LogP contribution in [-0.4, -0.2) is 31.1 Å². The van der Waals surface area contributed by atoms with E-state index in [0.29, 0.717) is 5.92 Å². The van der Waals surface area contributed by atoms with Crippen molar-refractivity contribution in [3.05, 3.63) is 71.8 Å². The molecule has 1 saturated heterocycles. The van der Waals surface area contributed by atoms with Gasteiger partial charge in [-0.05, 0) is 23.5 Å². The Morgan fingerprint density at radius 2 is 1.61 bits per heavy atom. The van der Waals surface area contributed by atoms with Crippen LogP contribution in [0.15, 0.2) is 60.7 Å². The Balaban J connectivity index is 1.70. The summed E-state index contributed by atoms with van der Waals surface area (Å²) in [5.41, 5.74) is 2.57. The number of carbonyl (C=O) groups is 1. The first-order valence-corrected chi connectivity index (χ1v) is 8.14. The summed E-state index contributed by atoms with van der Waals surface area (Å²) in [6, 6.07) is 20.8. The molecule has 120 valence electrons. The molecule has 1 heterocycles. The van der Waals surface area contributed by atoms with Crippen LogP contribution in [0.4, 0.5) is 0 Å². The first kappa shape index (κ1) is 15.8. The van der Waals surface area contributed by atoms with Crippen LogP contribution >= 0.6 is 0 Å². The molecule has 1 fully saturated rings. The van der Waals surface area contributed by atoms with E-state index in [4.69, 9.17) is 4.74 Å². The van der Waals surface area contributed by atoms with Crippen molar-refractivity contribution in [2.24, 2.45) is 11.8 Å². The van der Waals surface area contributed by atoms with Gasteiger partial charge in [0, 0.05) is 19.6 Å². The van der Waals surface area contributed by atoms with Crippen molar-refractivity contribution in [3.8, 4) is 0 Å². The van der Waals surface area contributed by atoms with Crippen molar-refractivity contribution in [3.63, 3.8) is 0 Å². The maximum Gasteiger partial charge on any atom is 0.310 e. The normalized spacial score (nSPS) is 21.3. The molecule has 0 N–H and O–H groups in total. The summed E-state index contributed by atoms with van der Waals surface area (Å²) in [4.78, 5) is 14.5. The molecule has 2 atom stereocenters. The van der Waals surface area contributed by atoms with Gasteiger partial charge in [-0.1, -0.05) is 60.7 Å². The van der Waals surface area contributed by atoms with Crippen LogP contribution in [0.1, 0.15) is 11.1 Å². The minimum absolute atomic E-state index is 0.0380. The number of carbonyl (C=O) groups excluding carboxylic acids is 1. The monoisotopic (exact) mass is 309 g/mol. The molecule has 0 amide bonds. The highest BCUT2D eigenvalue weighted by Gasteiger charge is 2.38. The van der Waals surface area contributed by atoms with Gasteiger partial charge in [-0.3, -0.25) is 9.69 Å². The number of nitrogens with zero attached hydrogens (tertiary/aromatic N) is 1. The smallest absolute Gasteiger partial charge is 0.310 e. The van der Waals surface area contributed by atoms with Gasteiger partial charge in [0.15, 0.2) is 0 Å². The van der Waals surface area contributed by atoms with E-state index in [0.717, 1.165) is 26.1 Å². The molecule has 23 heavy (non-hydrogen) atoms. The molecular weight excluding hydrogens is 286 g/mol. The summed E-state index contributed by atoms with van der Waals surface area (Å²) in [6.07, 6.45) is 0.923. The number of methoxy groups -OCH3 is 1. The molecule has 1 aliphatic heterocycles. The summed E-state index contributed by atoms with van der Waals surface area (Å²) in [6.45, 7) is 2.60. The van der Waals surface area contributed by atoms with E-state index in [1.54, 1.807) is 0 Å². The van der Waals surface area contributed by atoms with E-state index >= 15 is 0 Å². The molecule has 0 saturated carbocycles. The number of ether oxygens (including phenoxy) is 1. The first-order chi connectivity index (χ1) is 11.3. The summed E-state index contributed by atoms with van der Waals surface area (Å²) in [5.74, 6) is 0.193. The Kier molecular flexibility index (Phi) is 5.09. The van der Waals surface area contributed by atoms with Crippen LogP contribution in [0.3, 0.4) is 0 Å². The van der Waals surface area contributed by atoms with Crippen molar-refractivity contribution in [2.45, 2.75) is 13.0 Å². The summed E-state index contributed by atoms with van der Waals surface area (Å²) >= 11 is 0. The Hall–Kier alpha value is -2.13. The van der Waals surface area contributed by atoms with Gasteiger partial charge in [-0.15, -0.1) is 0 Å². The lowest BCUT2D eigenvalue weighted by atomic mass is 9.90. The van der Waals surface area contributed by atoms with Gasteiger partial charge in [-0.2, -0.15) is 0 Å². The third-order valence-corrected chi connectivity index (χ3v) is 4.61. The minimum atomic E-state index is -0.0820. The van der Waals surface area contributed by atoms with E-state index < -0.39 is 0 Å². The molecule has 0 aliphatic carbocycles. The highest BCUT2D eigenvalue weighted by molar-refractivity contribution is 5.73. The number of rotatable bonds is 5. The third kappa shape index (κ3) is 3.99. The molecular formula is C20H23NO2. The zero-order valence-electron chi connectivity index (χ0n) is 13.5. The second-order valence-corrected chi connectivity index (χ2v) is 6.26. The largest absolute Gasteiger partial charge is 0.469 e. The Labute approximate surface area is 137 Å². The maximum absolute atomic E-state index is 12.2. The van der Waals surface area contributed by atoms with E-state index in [1.165, 1.54) is 18.2 Å². The predicted octanol–water partition coefficient (Wildman–Crippen LogP) is 3.15. The van der Waals surface area contributed by atoms with Crippen LogP contribution < -0.4 is 0 Å². The topological polar surface area (TPSA) is 29.5 Å². The summed E-state index contributed by atoms with van der Waals surface area (Å²) in [7, 11) is 1.49. The lowest BCUT2D eigenvalue weighted by Crippen LogP contribution is -2.25. The van der Waals surface area contributed by atoms with Crippen molar-refractivity contribution < 1.29 is 9.53 Å². The lowest BCUT2D eigenvalue weighted by molar-refractivity contribution is -0.146. The van der Waals surface area contributed by atoms with Gasteiger partial charge in [-0.25, -0.2) is 0 Å². The predicted molar refractivity (Wildman–Crippen MR) is 90.9 cm³/mol. The van der Waals surface area contributed by atoms with E-state index in [-0.39, 0.29) is 11.9 Å². The number of esters is 1. The summed E-state index contributed by atoms with van der Waals surface area (Å²) < 4.78 is 5.04. The van der Waals surface area contributed by atoms with Crippen LogP contribution in [0.25, 0.3) is 0 Å². The quantitative estimate of drug-likeness (QED) is 0.795. The average Bonchev–Trinajstić information content (AvgIpc) is 2.98.